The summed E-state index contributed by atoms with van der Waals surface area (Å²) in [7, 11) is 0. The van der Waals surface area contributed by atoms with E-state index in [1.54, 1.807) is 47.5 Å². The summed E-state index contributed by atoms with van der Waals surface area (Å²) in [6, 6.07) is 20.4. The molecule has 0 aromatic heterocycles. The van der Waals surface area contributed by atoms with Gasteiger partial charge in [-0.15, -0.1) is 0 Å². The van der Waals surface area contributed by atoms with Gasteiger partial charge in [0.05, 0.1) is 18.4 Å². The van der Waals surface area contributed by atoms with Crippen molar-refractivity contribution in [3.63, 3.8) is 0 Å². The number of hydrogen-bond donors (Lipinski definition) is 1. The van der Waals surface area contributed by atoms with Gasteiger partial charge >= 0.3 is 0 Å². The predicted octanol–water partition coefficient (Wildman–Crippen LogP) is 6.06. The molecule has 2 aliphatic rings. The molecule has 2 heterocycles. The molecule has 194 valence electrons. The first-order valence-corrected chi connectivity index (χ1v) is 13.4. The zero-order valence-electron chi connectivity index (χ0n) is 20.4. The molecule has 0 fully saturated rings. The van der Waals surface area contributed by atoms with Crippen LogP contribution < -0.4 is 10.1 Å². The lowest BCUT2D eigenvalue weighted by atomic mass is 9.98. The Labute approximate surface area is 228 Å². The van der Waals surface area contributed by atoms with Crippen LogP contribution >= 0.6 is 23.4 Å². The maximum atomic E-state index is 13.5. The monoisotopic (exact) mass is 550 g/mol. The quantitative estimate of drug-likeness (QED) is 0.387. The van der Waals surface area contributed by atoms with Gasteiger partial charge in [-0.3, -0.25) is 9.59 Å². The molecule has 0 saturated heterocycles. The highest BCUT2D eigenvalue weighted by molar-refractivity contribution is 8.15. The van der Waals surface area contributed by atoms with Crippen molar-refractivity contribution in [3.05, 3.63) is 94.8 Å². The topological polar surface area (TPSA) is 83.4 Å². The van der Waals surface area contributed by atoms with Crippen LogP contribution in [0.25, 0.3) is 0 Å². The van der Waals surface area contributed by atoms with E-state index in [-0.39, 0.29) is 30.1 Å². The highest BCUT2D eigenvalue weighted by Gasteiger charge is 2.39. The van der Waals surface area contributed by atoms with Crippen LogP contribution in [0.2, 0.25) is 5.02 Å². The van der Waals surface area contributed by atoms with E-state index in [0.29, 0.717) is 34.7 Å². The highest BCUT2D eigenvalue weighted by atomic mass is 35.5. The van der Waals surface area contributed by atoms with Gasteiger partial charge in [0.25, 0.3) is 5.91 Å². The number of ether oxygens (including phenoxy) is 1. The first-order chi connectivity index (χ1) is 18.4. The average Bonchev–Trinajstić information content (AvgIpc) is 3.50. The lowest BCUT2D eigenvalue weighted by molar-refractivity contribution is -0.121. The number of benzene rings is 3. The van der Waals surface area contributed by atoms with Crippen molar-refractivity contribution in [2.45, 2.75) is 31.1 Å². The van der Waals surface area contributed by atoms with Crippen LogP contribution in [0.15, 0.2) is 82.9 Å². The number of amides is 2. The highest BCUT2D eigenvalue weighted by Crippen LogP contribution is 2.39. The smallest absolute Gasteiger partial charge is 0.262 e. The zero-order valence-corrected chi connectivity index (χ0v) is 22.0. The minimum atomic E-state index is -0.669. The SMILES string of the molecule is CCOc1ccc(NC(=O)C[C@@H]2SC(N3N=C(c4ccc(F)cc4)C[C@H]3c3cccc(Cl)c3)=NC2=O)cc1. The summed E-state index contributed by atoms with van der Waals surface area (Å²) in [6.45, 7) is 2.45. The van der Waals surface area contributed by atoms with E-state index in [1.807, 2.05) is 25.1 Å². The number of hydrogen-bond acceptors (Lipinski definition) is 6. The number of thioether (sulfide) groups is 1. The Morgan fingerprint density at radius 2 is 1.92 bits per heavy atom. The number of anilines is 1. The third-order valence-corrected chi connectivity index (χ3v) is 7.44. The molecule has 2 aliphatic heterocycles. The molecule has 10 heteroatoms. The van der Waals surface area contributed by atoms with E-state index in [2.05, 4.69) is 10.3 Å². The van der Waals surface area contributed by atoms with Crippen LogP contribution in [-0.2, 0) is 9.59 Å². The van der Waals surface area contributed by atoms with Gasteiger partial charge < -0.3 is 10.1 Å². The first-order valence-electron chi connectivity index (χ1n) is 12.1. The van der Waals surface area contributed by atoms with E-state index in [9.17, 15) is 14.0 Å². The Morgan fingerprint density at radius 1 is 1.16 bits per heavy atom. The summed E-state index contributed by atoms with van der Waals surface area (Å²) in [5.74, 6) is -0.296. The van der Waals surface area contributed by atoms with Crippen LogP contribution in [-0.4, -0.2) is 39.6 Å². The number of hydrazone groups is 1. The van der Waals surface area contributed by atoms with Crippen LogP contribution in [0.5, 0.6) is 5.75 Å². The van der Waals surface area contributed by atoms with Crippen molar-refractivity contribution in [1.29, 1.82) is 0 Å². The fraction of sp³-hybridized carbons (Fsp3) is 0.214. The Kier molecular flexibility index (Phi) is 7.76. The van der Waals surface area contributed by atoms with E-state index >= 15 is 0 Å². The number of nitrogens with zero attached hydrogens (tertiary/aromatic N) is 3. The number of aliphatic imine (C=N–C) groups is 1. The molecule has 5 rings (SSSR count). The third-order valence-electron chi connectivity index (χ3n) is 6.07. The molecule has 38 heavy (non-hydrogen) atoms. The summed E-state index contributed by atoms with van der Waals surface area (Å²) >= 11 is 7.47. The Balaban J connectivity index is 1.31. The van der Waals surface area contributed by atoms with Gasteiger partial charge in [0, 0.05) is 23.6 Å². The summed E-state index contributed by atoms with van der Waals surface area (Å²) in [5.41, 5.74) is 3.04. The first kappa shape index (κ1) is 25.9. The Bertz CT molecular complexity index is 1410. The molecule has 0 saturated carbocycles. The predicted molar refractivity (Wildman–Crippen MR) is 148 cm³/mol. The molecular weight excluding hydrogens is 527 g/mol. The van der Waals surface area contributed by atoms with Crippen LogP contribution in [0.1, 0.15) is 36.9 Å². The number of rotatable bonds is 7. The summed E-state index contributed by atoms with van der Waals surface area (Å²) in [6.07, 6.45) is 0.483. The van der Waals surface area contributed by atoms with Crippen LogP contribution in [0.3, 0.4) is 0 Å². The summed E-state index contributed by atoms with van der Waals surface area (Å²) in [5, 5.41) is 9.62. The van der Waals surface area contributed by atoms with Gasteiger partial charge in [-0.2, -0.15) is 10.1 Å². The van der Waals surface area contributed by atoms with Crippen molar-refractivity contribution in [2.24, 2.45) is 10.1 Å². The van der Waals surface area contributed by atoms with E-state index in [1.165, 1.54) is 23.9 Å². The molecule has 2 amide bonds. The van der Waals surface area contributed by atoms with Gasteiger partial charge in [0.1, 0.15) is 16.8 Å². The Hall–Kier alpha value is -3.69. The second-order valence-corrected chi connectivity index (χ2v) is 10.3. The molecular formula is C28H24ClFN4O3S. The number of amidine groups is 1. The fourth-order valence-electron chi connectivity index (χ4n) is 4.26. The second-order valence-electron chi connectivity index (χ2n) is 8.72. The number of halogens is 2. The molecule has 0 bridgehead atoms. The lowest BCUT2D eigenvalue weighted by Gasteiger charge is -2.23. The fourth-order valence-corrected chi connectivity index (χ4v) is 5.52. The average molecular weight is 551 g/mol. The maximum absolute atomic E-state index is 13.5. The van der Waals surface area contributed by atoms with Gasteiger partial charge in [0.15, 0.2) is 5.17 Å². The molecule has 0 unspecified atom stereocenters. The van der Waals surface area contributed by atoms with Crippen molar-refractivity contribution < 1.29 is 18.7 Å². The van der Waals surface area contributed by atoms with Gasteiger partial charge in [-0.25, -0.2) is 9.40 Å². The molecule has 2 atom stereocenters. The maximum Gasteiger partial charge on any atom is 0.262 e. The number of carbonyl (C=O) groups is 2. The molecule has 7 nitrogen and oxygen atoms in total. The molecule has 1 N–H and O–H groups in total. The normalized spacial score (nSPS) is 18.8. The third kappa shape index (κ3) is 5.89. The molecule has 0 aliphatic carbocycles. The number of carbonyl (C=O) groups excluding carboxylic acids is 2. The van der Waals surface area contributed by atoms with Gasteiger partial charge in [-0.1, -0.05) is 47.6 Å². The van der Waals surface area contributed by atoms with Gasteiger partial charge in [0.2, 0.25) is 5.91 Å². The number of nitrogens with one attached hydrogen (secondary N) is 1. The Morgan fingerprint density at radius 3 is 2.63 bits per heavy atom. The van der Waals surface area contributed by atoms with E-state index < -0.39 is 5.25 Å². The summed E-state index contributed by atoms with van der Waals surface area (Å²) < 4.78 is 18.9. The van der Waals surface area contributed by atoms with Crippen molar-refractivity contribution in [2.75, 3.05) is 11.9 Å². The standard InChI is InChI=1S/C28H24ClFN4O3S/c1-2-37-22-12-10-21(11-13-22)31-26(35)16-25-27(36)32-28(38-25)34-24(18-4-3-5-19(29)14-18)15-23(33-34)17-6-8-20(30)9-7-17/h3-14,24-25H,2,15-16H2,1H3,(H,31,35)/t24-,25-/m0/s1. The van der Waals surface area contributed by atoms with Crippen LogP contribution in [0, 0.1) is 5.82 Å². The van der Waals surface area contributed by atoms with Crippen LogP contribution in [0.4, 0.5) is 10.1 Å². The van der Waals surface area contributed by atoms with Crippen molar-refractivity contribution >= 4 is 51.7 Å². The van der Waals surface area contributed by atoms with Gasteiger partial charge in [-0.05, 0) is 66.6 Å². The van der Waals surface area contributed by atoms with E-state index in [0.717, 1.165) is 16.8 Å². The van der Waals surface area contributed by atoms with Crippen molar-refractivity contribution in [1.82, 2.24) is 5.01 Å². The molecule has 0 radical (unpaired) electrons. The second kappa shape index (κ2) is 11.4. The largest absolute Gasteiger partial charge is 0.494 e. The van der Waals surface area contributed by atoms with Crippen molar-refractivity contribution in [3.8, 4) is 5.75 Å². The zero-order chi connectivity index (χ0) is 26.6. The molecule has 0 spiro atoms. The molecule has 3 aromatic carbocycles. The minimum Gasteiger partial charge on any atom is -0.494 e. The summed E-state index contributed by atoms with van der Waals surface area (Å²) in [4.78, 5) is 29.7. The lowest BCUT2D eigenvalue weighted by Crippen LogP contribution is -2.25. The minimum absolute atomic E-state index is 0.0338. The van der Waals surface area contributed by atoms with E-state index in [4.69, 9.17) is 21.4 Å². The molecule has 3 aromatic rings.